The molecule has 90 valence electrons. The predicted octanol–water partition coefficient (Wildman–Crippen LogP) is 2.54. The van der Waals surface area contributed by atoms with Crippen molar-refractivity contribution in [3.8, 4) is 0 Å². The van der Waals surface area contributed by atoms with Crippen molar-refractivity contribution in [1.82, 2.24) is 0 Å². The first-order chi connectivity index (χ1) is 7.23. The van der Waals surface area contributed by atoms with E-state index in [2.05, 4.69) is 0 Å². The molecule has 0 aliphatic heterocycles. The van der Waals surface area contributed by atoms with Crippen LogP contribution in [0.5, 0.6) is 0 Å². The summed E-state index contributed by atoms with van der Waals surface area (Å²) in [5.41, 5.74) is 4.12. The van der Waals surface area contributed by atoms with Gasteiger partial charge in [0.05, 0.1) is 0 Å². The molecule has 0 spiro atoms. The van der Waals surface area contributed by atoms with Crippen molar-refractivity contribution >= 4 is 0 Å². The molecule has 1 nitrogen and oxygen atoms in total. The lowest BCUT2D eigenvalue weighted by Crippen LogP contribution is -2.39. The molecule has 0 amide bonds. The Morgan fingerprint density at radius 2 is 1.62 bits per heavy atom. The van der Waals surface area contributed by atoms with E-state index in [1.807, 2.05) is 0 Å². The Kier molecular flexibility index (Phi) is 3.47. The summed E-state index contributed by atoms with van der Waals surface area (Å²) in [6.07, 6.45) is -5.65. The van der Waals surface area contributed by atoms with Crippen LogP contribution in [-0.4, -0.2) is 12.2 Å². The van der Waals surface area contributed by atoms with Gasteiger partial charge in [-0.1, -0.05) is 6.07 Å². The van der Waals surface area contributed by atoms with Gasteiger partial charge < -0.3 is 5.73 Å². The van der Waals surface area contributed by atoms with Crippen LogP contribution < -0.4 is 5.73 Å². The van der Waals surface area contributed by atoms with Crippen molar-refractivity contribution in [2.45, 2.75) is 18.6 Å². The molecule has 0 heterocycles. The highest BCUT2D eigenvalue weighted by Gasteiger charge is 2.37. The fourth-order valence-corrected chi connectivity index (χ4v) is 1.08. The van der Waals surface area contributed by atoms with Crippen LogP contribution in [0.25, 0.3) is 0 Å². The second kappa shape index (κ2) is 4.32. The Hall–Kier alpha value is -1.24. The number of halogens is 6. The lowest BCUT2D eigenvalue weighted by atomic mass is 10.1. The van der Waals surface area contributed by atoms with Crippen molar-refractivity contribution in [2.24, 2.45) is 5.73 Å². The molecule has 0 saturated carbocycles. The van der Waals surface area contributed by atoms with E-state index in [1.165, 1.54) is 0 Å². The minimum absolute atomic E-state index is 0.552. The summed E-state index contributed by atoms with van der Waals surface area (Å²) >= 11 is 0. The van der Waals surface area contributed by atoms with E-state index in [0.717, 1.165) is 6.07 Å². The summed E-state index contributed by atoms with van der Waals surface area (Å²) in [4.78, 5) is 0. The van der Waals surface area contributed by atoms with E-state index < -0.39 is 41.7 Å². The third kappa shape index (κ3) is 2.66. The molecule has 16 heavy (non-hydrogen) atoms. The number of nitrogens with two attached hydrogens (primary N) is 1. The van der Waals surface area contributed by atoms with E-state index >= 15 is 0 Å². The smallest absolute Gasteiger partial charge is 0.320 e. The summed E-state index contributed by atoms with van der Waals surface area (Å²) in [6.45, 7) is 0. The molecule has 0 aliphatic rings. The van der Waals surface area contributed by atoms with Crippen LogP contribution in [0, 0.1) is 17.5 Å². The van der Waals surface area contributed by atoms with Crippen LogP contribution in [0.15, 0.2) is 12.1 Å². The predicted molar refractivity (Wildman–Crippen MR) is 44.1 cm³/mol. The maximum absolute atomic E-state index is 13.0. The zero-order valence-electron chi connectivity index (χ0n) is 7.78. The fourth-order valence-electron chi connectivity index (χ4n) is 1.08. The summed E-state index contributed by atoms with van der Waals surface area (Å²) in [6, 6.07) is -1.03. The highest BCUT2D eigenvalue weighted by molar-refractivity contribution is 5.21. The van der Waals surface area contributed by atoms with Crippen molar-refractivity contribution in [2.75, 3.05) is 0 Å². The van der Waals surface area contributed by atoms with Crippen LogP contribution in [0.2, 0.25) is 0 Å². The van der Waals surface area contributed by atoms with Gasteiger partial charge in [-0.2, -0.15) is 13.2 Å². The largest absolute Gasteiger partial charge is 0.403 e. The quantitative estimate of drug-likeness (QED) is 0.627. The molecule has 2 N–H and O–H groups in total. The van der Waals surface area contributed by atoms with Gasteiger partial charge in [0.25, 0.3) is 0 Å². The molecule has 1 unspecified atom stereocenters. The topological polar surface area (TPSA) is 26.0 Å². The van der Waals surface area contributed by atoms with Gasteiger partial charge in [0.1, 0.15) is 6.04 Å². The van der Waals surface area contributed by atoms with Gasteiger partial charge in [-0.25, -0.2) is 13.2 Å². The van der Waals surface area contributed by atoms with E-state index in [0.29, 0.717) is 6.07 Å². The average Bonchev–Trinajstić information content (AvgIpc) is 2.17. The maximum Gasteiger partial charge on any atom is 0.403 e. The third-order valence-corrected chi connectivity index (χ3v) is 1.98. The molecule has 0 fully saturated rings. The summed E-state index contributed by atoms with van der Waals surface area (Å²) in [7, 11) is 0. The molecular formula is C9H7F6N. The van der Waals surface area contributed by atoms with E-state index in [9.17, 15) is 26.3 Å². The van der Waals surface area contributed by atoms with Crippen LogP contribution in [0.3, 0.4) is 0 Å². The first-order valence-corrected chi connectivity index (χ1v) is 4.18. The van der Waals surface area contributed by atoms with Crippen molar-refractivity contribution < 1.29 is 26.3 Å². The monoisotopic (exact) mass is 243 g/mol. The van der Waals surface area contributed by atoms with Crippen LogP contribution in [0.4, 0.5) is 26.3 Å². The minimum atomic E-state index is -4.71. The van der Waals surface area contributed by atoms with Gasteiger partial charge in [-0.3, -0.25) is 0 Å². The Morgan fingerprint density at radius 1 is 1.06 bits per heavy atom. The Balaban J connectivity index is 2.95. The van der Waals surface area contributed by atoms with Gasteiger partial charge >= 0.3 is 6.18 Å². The number of rotatable bonds is 2. The molecular weight excluding hydrogens is 236 g/mol. The van der Waals surface area contributed by atoms with E-state index in [4.69, 9.17) is 5.73 Å². The molecule has 0 radical (unpaired) electrons. The van der Waals surface area contributed by atoms with E-state index in [1.54, 1.807) is 0 Å². The zero-order chi connectivity index (χ0) is 12.5. The highest BCUT2D eigenvalue weighted by Crippen LogP contribution is 2.23. The standard InChI is InChI=1S/C9H7F6N/c10-5-2-1-4(7(11)8(5)12)3-6(16)9(13,14)15/h1-2,6H,3,16H2. The van der Waals surface area contributed by atoms with Crippen LogP contribution in [0.1, 0.15) is 5.56 Å². The molecule has 1 rings (SSSR count). The van der Waals surface area contributed by atoms with Gasteiger partial charge in [0.2, 0.25) is 0 Å². The first-order valence-electron chi connectivity index (χ1n) is 4.18. The number of alkyl halides is 3. The summed E-state index contributed by atoms with van der Waals surface area (Å²) in [5, 5.41) is 0. The normalized spacial score (nSPS) is 13.9. The lowest BCUT2D eigenvalue weighted by Gasteiger charge is -2.15. The van der Waals surface area contributed by atoms with Gasteiger partial charge in [0.15, 0.2) is 17.5 Å². The molecule has 0 bridgehead atoms. The summed E-state index contributed by atoms with van der Waals surface area (Å²) < 4.78 is 74.2. The second-order valence-electron chi connectivity index (χ2n) is 3.19. The molecule has 0 aromatic heterocycles. The van der Waals surface area contributed by atoms with Crippen LogP contribution in [-0.2, 0) is 6.42 Å². The summed E-state index contributed by atoms with van der Waals surface area (Å²) in [5.74, 6) is -4.89. The molecule has 1 aromatic rings. The first kappa shape index (κ1) is 12.8. The molecule has 1 atom stereocenters. The minimum Gasteiger partial charge on any atom is -0.320 e. The number of hydrogen-bond acceptors (Lipinski definition) is 1. The van der Waals surface area contributed by atoms with Gasteiger partial charge in [-0.15, -0.1) is 0 Å². The van der Waals surface area contributed by atoms with Crippen molar-refractivity contribution in [3.63, 3.8) is 0 Å². The molecule has 0 saturated heterocycles. The number of hydrogen-bond donors (Lipinski definition) is 1. The van der Waals surface area contributed by atoms with Gasteiger partial charge in [-0.05, 0) is 18.1 Å². The van der Waals surface area contributed by atoms with Gasteiger partial charge in [0, 0.05) is 0 Å². The highest BCUT2D eigenvalue weighted by atomic mass is 19.4. The SMILES string of the molecule is NC(Cc1ccc(F)c(F)c1F)C(F)(F)F. The fraction of sp³-hybridized carbons (Fsp3) is 0.333. The molecule has 7 heteroatoms. The Bertz CT molecular complexity index is 386. The number of benzene rings is 1. The maximum atomic E-state index is 13.0. The Morgan fingerprint density at radius 3 is 2.12 bits per heavy atom. The molecule has 1 aromatic carbocycles. The van der Waals surface area contributed by atoms with Crippen molar-refractivity contribution in [1.29, 1.82) is 0 Å². The second-order valence-corrected chi connectivity index (χ2v) is 3.19. The third-order valence-electron chi connectivity index (χ3n) is 1.98. The Labute approximate surface area is 86.9 Å². The van der Waals surface area contributed by atoms with Crippen LogP contribution >= 0.6 is 0 Å². The van der Waals surface area contributed by atoms with Crippen molar-refractivity contribution in [3.05, 3.63) is 35.1 Å². The average molecular weight is 243 g/mol. The molecule has 0 aliphatic carbocycles. The zero-order valence-corrected chi connectivity index (χ0v) is 7.78. The lowest BCUT2D eigenvalue weighted by molar-refractivity contribution is -0.147. The van der Waals surface area contributed by atoms with E-state index in [-0.39, 0.29) is 0 Å².